The van der Waals surface area contributed by atoms with Crippen molar-refractivity contribution in [2.24, 2.45) is 0 Å². The molecule has 2 aromatic carbocycles. The van der Waals surface area contributed by atoms with Crippen LogP contribution < -0.4 is 20.2 Å². The van der Waals surface area contributed by atoms with Gasteiger partial charge in [0.25, 0.3) is 0 Å². The van der Waals surface area contributed by atoms with Crippen LogP contribution in [0.1, 0.15) is 26.0 Å². The number of nitrogens with zero attached hydrogens (tertiary/aromatic N) is 1. The molecule has 1 atom stereocenters. The van der Waals surface area contributed by atoms with Gasteiger partial charge in [-0.25, -0.2) is 4.39 Å². The maximum atomic E-state index is 14.9. The van der Waals surface area contributed by atoms with Crippen LogP contribution >= 0.6 is 0 Å². The van der Waals surface area contributed by atoms with Crippen molar-refractivity contribution in [1.29, 1.82) is 0 Å². The van der Waals surface area contributed by atoms with Crippen LogP contribution in [0.15, 0.2) is 41.2 Å². The molecule has 35 heavy (non-hydrogen) atoms. The van der Waals surface area contributed by atoms with Gasteiger partial charge in [-0.05, 0) is 43.2 Å². The second kappa shape index (κ2) is 11.7. The number of ether oxygens (including phenoxy) is 3. The van der Waals surface area contributed by atoms with Crippen LogP contribution in [0.3, 0.4) is 0 Å². The zero-order valence-corrected chi connectivity index (χ0v) is 20.7. The third-order valence-electron chi connectivity index (χ3n) is 6.25. The molecular weight excluding hydrogens is 449 g/mol. The lowest BCUT2D eigenvalue weighted by atomic mass is 9.99. The molecule has 4 rings (SSSR count). The summed E-state index contributed by atoms with van der Waals surface area (Å²) in [5.74, 6) is 0.593. The zero-order chi connectivity index (χ0) is 24.8. The Bertz CT molecular complexity index is 1190. The Labute approximate surface area is 205 Å². The lowest BCUT2D eigenvalue weighted by Crippen LogP contribution is -2.44. The second-order valence-electron chi connectivity index (χ2n) is 8.88. The average Bonchev–Trinajstić information content (AvgIpc) is 2.87. The normalized spacial score (nSPS) is 15.3. The molecule has 0 spiro atoms. The van der Waals surface area contributed by atoms with E-state index in [2.05, 4.69) is 22.1 Å². The summed E-state index contributed by atoms with van der Waals surface area (Å²) in [6.45, 7) is 9.21. The van der Waals surface area contributed by atoms with Gasteiger partial charge in [-0.3, -0.25) is 9.69 Å². The number of aromatic nitrogens is 1. The molecule has 8 heteroatoms. The molecule has 2 heterocycles. The van der Waals surface area contributed by atoms with E-state index < -0.39 is 5.82 Å². The number of hydrogen-bond donors (Lipinski definition) is 2. The number of morpholine rings is 1. The predicted octanol–water partition coefficient (Wildman–Crippen LogP) is 3.94. The second-order valence-corrected chi connectivity index (χ2v) is 8.88. The van der Waals surface area contributed by atoms with E-state index in [9.17, 15) is 9.18 Å². The van der Waals surface area contributed by atoms with Gasteiger partial charge in [0.1, 0.15) is 17.3 Å². The Hall–Kier alpha value is -2.94. The summed E-state index contributed by atoms with van der Waals surface area (Å²) >= 11 is 0. The summed E-state index contributed by atoms with van der Waals surface area (Å²) < 4.78 is 31.5. The molecule has 1 aromatic heterocycles. The molecule has 1 fully saturated rings. The molecule has 0 amide bonds. The van der Waals surface area contributed by atoms with Crippen molar-refractivity contribution in [2.75, 3.05) is 46.6 Å². The number of hydrogen-bond acceptors (Lipinski definition) is 6. The molecule has 0 bridgehead atoms. The molecule has 0 saturated carbocycles. The standard InChI is InChI=1S/C27H34FN3O4/c1-4-13-35-23-10-9-21(28)25-26(23)30-22(16-29-18(2)17-31-11-14-34-15-12-31)24(27(25)32)19-5-7-20(33-3)8-6-19/h5-10,18,29H,4,11-17H2,1-3H3,(H,30,32). The largest absolute Gasteiger partial charge is 0.497 e. The van der Waals surface area contributed by atoms with Crippen molar-refractivity contribution in [1.82, 2.24) is 15.2 Å². The first-order valence-electron chi connectivity index (χ1n) is 12.2. The number of rotatable bonds is 10. The molecule has 1 saturated heterocycles. The van der Waals surface area contributed by atoms with Crippen molar-refractivity contribution in [3.8, 4) is 22.6 Å². The van der Waals surface area contributed by atoms with E-state index in [-0.39, 0.29) is 16.9 Å². The molecule has 1 unspecified atom stereocenters. The van der Waals surface area contributed by atoms with Crippen molar-refractivity contribution in [3.05, 3.63) is 58.1 Å². The maximum absolute atomic E-state index is 14.9. The number of H-pyrrole nitrogens is 1. The van der Waals surface area contributed by atoms with E-state index in [1.165, 1.54) is 6.07 Å². The molecule has 2 N–H and O–H groups in total. The molecule has 7 nitrogen and oxygen atoms in total. The summed E-state index contributed by atoms with van der Waals surface area (Å²) in [7, 11) is 1.59. The van der Waals surface area contributed by atoms with Gasteiger partial charge in [0.15, 0.2) is 0 Å². The Balaban J connectivity index is 1.73. The van der Waals surface area contributed by atoms with Crippen molar-refractivity contribution >= 4 is 10.9 Å². The number of nitrogens with one attached hydrogen (secondary N) is 2. The summed E-state index contributed by atoms with van der Waals surface area (Å²) in [5.41, 5.74) is 1.86. The van der Waals surface area contributed by atoms with Crippen LogP contribution in [-0.2, 0) is 11.3 Å². The number of halogens is 1. The molecular formula is C27H34FN3O4. The van der Waals surface area contributed by atoms with E-state index >= 15 is 0 Å². The van der Waals surface area contributed by atoms with Crippen LogP contribution in [0.5, 0.6) is 11.5 Å². The number of methoxy groups -OCH3 is 1. The maximum Gasteiger partial charge on any atom is 0.200 e. The topological polar surface area (TPSA) is 75.8 Å². The van der Waals surface area contributed by atoms with Crippen LogP contribution in [0.4, 0.5) is 4.39 Å². The smallest absolute Gasteiger partial charge is 0.200 e. The van der Waals surface area contributed by atoms with E-state index in [4.69, 9.17) is 14.2 Å². The Morgan fingerprint density at radius 3 is 2.60 bits per heavy atom. The minimum absolute atomic E-state index is 0.00883. The fraction of sp³-hybridized carbons (Fsp3) is 0.444. The molecule has 0 aliphatic carbocycles. The van der Waals surface area contributed by atoms with Crippen molar-refractivity contribution in [2.45, 2.75) is 32.9 Å². The van der Waals surface area contributed by atoms with Crippen LogP contribution in [0, 0.1) is 5.82 Å². The van der Waals surface area contributed by atoms with Gasteiger partial charge in [0.2, 0.25) is 5.43 Å². The first kappa shape index (κ1) is 25.2. The van der Waals surface area contributed by atoms with Gasteiger partial charge in [-0.1, -0.05) is 19.1 Å². The highest BCUT2D eigenvalue weighted by Gasteiger charge is 2.20. The molecule has 0 radical (unpaired) electrons. The number of aromatic amines is 1. The van der Waals surface area contributed by atoms with Gasteiger partial charge in [0, 0.05) is 37.9 Å². The van der Waals surface area contributed by atoms with Crippen LogP contribution in [-0.4, -0.2) is 62.5 Å². The molecule has 1 aliphatic rings. The SMILES string of the molecule is CCCOc1ccc(F)c2c(=O)c(-c3ccc(OC)cc3)c(CNC(C)CN3CCOCC3)[nH]c12. The summed E-state index contributed by atoms with van der Waals surface area (Å²) in [4.78, 5) is 19.4. The fourth-order valence-electron chi connectivity index (χ4n) is 4.42. The van der Waals surface area contributed by atoms with Gasteiger partial charge in [0.05, 0.1) is 43.4 Å². The van der Waals surface area contributed by atoms with E-state index in [0.29, 0.717) is 47.0 Å². The van der Waals surface area contributed by atoms with E-state index in [1.54, 1.807) is 25.3 Å². The van der Waals surface area contributed by atoms with Gasteiger partial charge < -0.3 is 24.5 Å². The minimum atomic E-state index is -0.569. The number of fused-ring (bicyclic) bond motifs is 1. The predicted molar refractivity (Wildman–Crippen MR) is 136 cm³/mol. The summed E-state index contributed by atoms with van der Waals surface area (Å²) in [6, 6.07) is 10.3. The number of benzene rings is 2. The highest BCUT2D eigenvalue weighted by Crippen LogP contribution is 2.30. The first-order valence-corrected chi connectivity index (χ1v) is 12.2. The third-order valence-corrected chi connectivity index (χ3v) is 6.25. The summed E-state index contributed by atoms with van der Waals surface area (Å²) in [6.07, 6.45) is 0.806. The monoisotopic (exact) mass is 483 g/mol. The third kappa shape index (κ3) is 5.83. The van der Waals surface area contributed by atoms with E-state index in [0.717, 1.165) is 39.3 Å². The Morgan fingerprint density at radius 2 is 1.91 bits per heavy atom. The fourth-order valence-corrected chi connectivity index (χ4v) is 4.42. The van der Waals surface area contributed by atoms with Gasteiger partial charge in [-0.15, -0.1) is 0 Å². The highest BCUT2D eigenvalue weighted by atomic mass is 19.1. The lowest BCUT2D eigenvalue weighted by Gasteiger charge is -2.29. The zero-order valence-electron chi connectivity index (χ0n) is 20.7. The Morgan fingerprint density at radius 1 is 1.17 bits per heavy atom. The van der Waals surface area contributed by atoms with Gasteiger partial charge >= 0.3 is 0 Å². The average molecular weight is 484 g/mol. The van der Waals surface area contributed by atoms with Crippen LogP contribution in [0.2, 0.25) is 0 Å². The lowest BCUT2D eigenvalue weighted by molar-refractivity contribution is 0.0343. The molecule has 188 valence electrons. The first-order chi connectivity index (χ1) is 17.0. The summed E-state index contributed by atoms with van der Waals surface area (Å²) in [5, 5.41) is 3.55. The number of pyridine rings is 1. The van der Waals surface area contributed by atoms with Crippen molar-refractivity contribution < 1.29 is 18.6 Å². The Kier molecular flexibility index (Phi) is 8.38. The van der Waals surface area contributed by atoms with Crippen molar-refractivity contribution in [3.63, 3.8) is 0 Å². The van der Waals surface area contributed by atoms with Crippen LogP contribution in [0.25, 0.3) is 22.0 Å². The minimum Gasteiger partial charge on any atom is -0.497 e. The highest BCUT2D eigenvalue weighted by molar-refractivity contribution is 5.89. The molecule has 3 aromatic rings. The quantitative estimate of drug-likeness (QED) is 0.455. The molecule has 1 aliphatic heterocycles. The van der Waals surface area contributed by atoms with E-state index in [1.807, 2.05) is 19.1 Å². The van der Waals surface area contributed by atoms with Gasteiger partial charge in [-0.2, -0.15) is 0 Å².